The van der Waals surface area contributed by atoms with Crippen molar-refractivity contribution in [2.24, 2.45) is 4.99 Å². The van der Waals surface area contributed by atoms with E-state index in [0.717, 1.165) is 11.1 Å². The van der Waals surface area contributed by atoms with E-state index in [0.29, 0.717) is 49.5 Å². The number of carbonyl (C=O) groups excluding carboxylic acids is 1. The molecule has 5 rings (SSSR count). The first kappa shape index (κ1) is 29.2. The van der Waals surface area contributed by atoms with Crippen molar-refractivity contribution in [1.82, 2.24) is 4.57 Å². The Morgan fingerprint density at radius 2 is 1.79 bits per heavy atom. The molecule has 1 aromatic heterocycles. The van der Waals surface area contributed by atoms with Crippen molar-refractivity contribution in [2.75, 3.05) is 20.8 Å². The zero-order valence-electron chi connectivity index (χ0n) is 23.5. The van der Waals surface area contributed by atoms with Crippen LogP contribution in [0, 0.1) is 0 Å². The van der Waals surface area contributed by atoms with Gasteiger partial charge in [-0.15, -0.1) is 0 Å². The molecule has 0 radical (unpaired) electrons. The number of fused-ring (bicyclic) bond motifs is 1. The highest BCUT2D eigenvalue weighted by molar-refractivity contribution is 7.07. The van der Waals surface area contributed by atoms with Gasteiger partial charge in [-0.3, -0.25) is 9.36 Å². The minimum Gasteiger partial charge on any atom is -0.497 e. The Morgan fingerprint density at radius 3 is 2.48 bits per heavy atom. The smallest absolute Gasteiger partial charge is 0.338 e. The first-order valence-corrected chi connectivity index (χ1v) is 14.4. The third-order valence-electron chi connectivity index (χ3n) is 6.78. The van der Waals surface area contributed by atoms with Gasteiger partial charge in [0.05, 0.1) is 36.6 Å². The quantitative estimate of drug-likeness (QED) is 0.249. The molecular weight excluding hydrogens is 576 g/mol. The van der Waals surface area contributed by atoms with Crippen molar-refractivity contribution in [1.29, 1.82) is 0 Å². The van der Waals surface area contributed by atoms with Gasteiger partial charge >= 0.3 is 5.97 Å². The molecule has 0 aliphatic carbocycles. The summed E-state index contributed by atoms with van der Waals surface area (Å²) in [7, 11) is 3.09. The predicted molar refractivity (Wildman–Crippen MR) is 162 cm³/mol. The molecule has 0 saturated heterocycles. The number of carbonyl (C=O) groups is 1. The van der Waals surface area contributed by atoms with Gasteiger partial charge in [-0.2, -0.15) is 0 Å². The van der Waals surface area contributed by atoms with Crippen LogP contribution in [0.5, 0.6) is 17.2 Å². The lowest BCUT2D eigenvalue weighted by Gasteiger charge is -2.26. The number of nitrogens with zero attached hydrogens (tertiary/aromatic N) is 2. The van der Waals surface area contributed by atoms with Crippen molar-refractivity contribution in [3.8, 4) is 17.2 Å². The molecule has 4 aromatic rings. The van der Waals surface area contributed by atoms with Crippen LogP contribution in [0.15, 0.2) is 87.8 Å². The van der Waals surface area contributed by atoms with Crippen LogP contribution in [0.2, 0.25) is 5.02 Å². The number of thiazole rings is 1. The summed E-state index contributed by atoms with van der Waals surface area (Å²) < 4.78 is 24.4. The van der Waals surface area contributed by atoms with Gasteiger partial charge in [0.25, 0.3) is 5.56 Å². The zero-order chi connectivity index (χ0) is 29.8. The van der Waals surface area contributed by atoms with Crippen LogP contribution in [-0.2, 0) is 16.1 Å². The molecule has 0 N–H and O–H groups in total. The van der Waals surface area contributed by atoms with Gasteiger partial charge in [-0.1, -0.05) is 53.3 Å². The molecule has 3 aromatic carbocycles. The van der Waals surface area contributed by atoms with Crippen LogP contribution < -0.4 is 29.1 Å². The molecule has 1 aliphatic heterocycles. The van der Waals surface area contributed by atoms with Crippen molar-refractivity contribution in [3.63, 3.8) is 0 Å². The minimum atomic E-state index is -0.826. The molecule has 1 atom stereocenters. The lowest BCUT2D eigenvalue weighted by Crippen LogP contribution is -2.40. The van der Waals surface area contributed by atoms with Crippen molar-refractivity contribution < 1.29 is 23.7 Å². The number of allylic oxidation sites excluding steroid dienone is 1. The number of benzene rings is 3. The van der Waals surface area contributed by atoms with E-state index < -0.39 is 12.0 Å². The van der Waals surface area contributed by atoms with Crippen LogP contribution in [0.3, 0.4) is 0 Å². The Morgan fingerprint density at radius 1 is 1.05 bits per heavy atom. The highest BCUT2D eigenvalue weighted by Crippen LogP contribution is 2.37. The van der Waals surface area contributed by atoms with E-state index in [9.17, 15) is 9.59 Å². The number of halogens is 1. The normalized spacial score (nSPS) is 14.7. The fourth-order valence-corrected chi connectivity index (χ4v) is 5.96. The molecule has 2 heterocycles. The average molecular weight is 605 g/mol. The summed E-state index contributed by atoms with van der Waals surface area (Å²) in [5, 5.41) is 0.649. The van der Waals surface area contributed by atoms with Gasteiger partial charge in [-0.05, 0) is 61.9 Å². The third kappa shape index (κ3) is 5.84. The maximum absolute atomic E-state index is 13.9. The van der Waals surface area contributed by atoms with E-state index in [1.165, 1.54) is 23.0 Å². The molecule has 0 spiro atoms. The highest BCUT2D eigenvalue weighted by atomic mass is 35.5. The number of methoxy groups -OCH3 is 2. The van der Waals surface area contributed by atoms with Gasteiger partial charge in [0.2, 0.25) is 0 Å². The van der Waals surface area contributed by atoms with E-state index in [2.05, 4.69) is 4.99 Å². The number of esters is 1. The molecule has 1 aliphatic rings. The number of hydrogen-bond donors (Lipinski definition) is 0. The van der Waals surface area contributed by atoms with Crippen molar-refractivity contribution >= 4 is 35.0 Å². The molecule has 216 valence electrons. The van der Waals surface area contributed by atoms with Crippen LogP contribution in [-0.4, -0.2) is 31.4 Å². The fourth-order valence-electron chi connectivity index (χ4n) is 4.73. The molecule has 1 unspecified atom stereocenters. The summed E-state index contributed by atoms with van der Waals surface area (Å²) in [4.78, 5) is 32.3. The maximum Gasteiger partial charge on any atom is 0.338 e. The monoisotopic (exact) mass is 604 g/mol. The van der Waals surface area contributed by atoms with Crippen LogP contribution in [0.4, 0.5) is 0 Å². The Balaban J connectivity index is 1.55. The molecule has 0 amide bonds. The average Bonchev–Trinajstić information content (AvgIpc) is 3.30. The summed E-state index contributed by atoms with van der Waals surface area (Å²) in [5.74, 6) is 1.19. The van der Waals surface area contributed by atoms with E-state index in [4.69, 9.17) is 30.5 Å². The number of aromatic nitrogens is 1. The maximum atomic E-state index is 13.9. The number of hydrogen-bond acceptors (Lipinski definition) is 8. The first-order chi connectivity index (χ1) is 20.3. The SMILES string of the molecule is CCOC(=O)C1=C(C)N=c2s/c(=C\c3ccc(OCc4ccccc4Cl)cc3)c(=O)n2C1c1cc(OC)ccc1OC. The van der Waals surface area contributed by atoms with Gasteiger partial charge in [0.1, 0.15) is 29.9 Å². The second-order valence-corrected chi connectivity index (χ2v) is 10.8. The van der Waals surface area contributed by atoms with E-state index in [1.54, 1.807) is 45.2 Å². The number of ether oxygens (including phenoxy) is 4. The molecule has 0 fully saturated rings. The molecule has 10 heteroatoms. The molecule has 42 heavy (non-hydrogen) atoms. The largest absolute Gasteiger partial charge is 0.497 e. The van der Waals surface area contributed by atoms with Gasteiger partial charge in [-0.25, -0.2) is 9.79 Å². The second-order valence-electron chi connectivity index (χ2n) is 9.36. The van der Waals surface area contributed by atoms with Crippen LogP contribution in [0.1, 0.15) is 36.6 Å². The Hall–Kier alpha value is -4.34. The summed E-state index contributed by atoms with van der Waals surface area (Å²) in [6.45, 7) is 4.00. The van der Waals surface area contributed by atoms with E-state index in [-0.39, 0.29) is 17.7 Å². The summed E-state index contributed by atoms with van der Waals surface area (Å²) in [6.07, 6.45) is 1.80. The Bertz CT molecular complexity index is 1840. The van der Waals surface area contributed by atoms with E-state index in [1.807, 2.05) is 48.5 Å². The van der Waals surface area contributed by atoms with Gasteiger partial charge in [0.15, 0.2) is 4.80 Å². The number of rotatable bonds is 9. The Labute approximate surface area is 251 Å². The molecule has 8 nitrogen and oxygen atoms in total. The van der Waals surface area contributed by atoms with Crippen molar-refractivity contribution in [2.45, 2.75) is 26.5 Å². The zero-order valence-corrected chi connectivity index (χ0v) is 25.1. The van der Waals surface area contributed by atoms with Crippen LogP contribution in [0.25, 0.3) is 6.08 Å². The summed E-state index contributed by atoms with van der Waals surface area (Å²) in [6, 6.07) is 19.4. The van der Waals surface area contributed by atoms with E-state index >= 15 is 0 Å². The highest BCUT2D eigenvalue weighted by Gasteiger charge is 2.35. The topological polar surface area (TPSA) is 88.4 Å². The second kappa shape index (κ2) is 12.7. The first-order valence-electron chi connectivity index (χ1n) is 13.2. The van der Waals surface area contributed by atoms with Crippen molar-refractivity contribution in [3.05, 3.63) is 119 Å². The fraction of sp³-hybridized carbons (Fsp3) is 0.219. The van der Waals surface area contributed by atoms with Gasteiger partial charge in [0, 0.05) is 16.1 Å². The molecular formula is C32H29ClN2O6S. The van der Waals surface area contributed by atoms with Gasteiger partial charge < -0.3 is 18.9 Å². The standard InChI is InChI=1S/C32H29ClN2O6S/c1-5-40-31(37)28-19(2)34-32-35(29(28)24-17-23(38-3)14-15-26(24)39-4)30(36)27(42-32)16-20-10-12-22(13-11-20)41-18-21-8-6-7-9-25(21)33/h6-17,29H,5,18H2,1-4H3/b27-16-. The minimum absolute atomic E-state index is 0.181. The lowest BCUT2D eigenvalue weighted by molar-refractivity contribution is -0.139. The third-order valence-corrected chi connectivity index (χ3v) is 8.13. The molecule has 0 saturated carbocycles. The predicted octanol–water partition coefficient (Wildman–Crippen LogP) is 5.05. The Kier molecular flexibility index (Phi) is 8.80. The van der Waals surface area contributed by atoms with Crippen LogP contribution >= 0.6 is 22.9 Å². The molecule has 0 bridgehead atoms. The summed E-state index contributed by atoms with van der Waals surface area (Å²) in [5.41, 5.74) is 2.73. The lowest BCUT2D eigenvalue weighted by atomic mass is 9.94. The summed E-state index contributed by atoms with van der Waals surface area (Å²) >= 11 is 7.48.